The lowest BCUT2D eigenvalue weighted by Crippen LogP contribution is -2.22. The van der Waals surface area contributed by atoms with E-state index in [1.807, 2.05) is 0 Å². The predicted molar refractivity (Wildman–Crippen MR) is 118 cm³/mol. The van der Waals surface area contributed by atoms with Gasteiger partial charge in [-0.05, 0) is 63.6 Å². The fourth-order valence-electron chi connectivity index (χ4n) is 4.27. The zero-order chi connectivity index (χ0) is 24.7. The molecule has 1 fully saturated rings. The van der Waals surface area contributed by atoms with E-state index in [0.29, 0.717) is 22.6 Å². The topological polar surface area (TPSA) is 108 Å². The van der Waals surface area contributed by atoms with Crippen molar-refractivity contribution in [1.29, 1.82) is 0 Å². The molecule has 0 atom stereocenters. The van der Waals surface area contributed by atoms with E-state index in [4.69, 9.17) is 4.42 Å². The summed E-state index contributed by atoms with van der Waals surface area (Å²) >= 11 is 0. The van der Waals surface area contributed by atoms with Crippen molar-refractivity contribution < 1.29 is 32.6 Å². The summed E-state index contributed by atoms with van der Waals surface area (Å²) in [7, 11) is 0. The van der Waals surface area contributed by atoms with E-state index in [1.54, 1.807) is 6.07 Å². The fraction of sp³-hybridized carbons (Fsp3) is 0.458. The first kappa shape index (κ1) is 24.2. The van der Waals surface area contributed by atoms with E-state index in [1.165, 1.54) is 26.0 Å². The second-order valence-corrected chi connectivity index (χ2v) is 9.24. The van der Waals surface area contributed by atoms with Gasteiger partial charge in [-0.1, -0.05) is 6.07 Å². The van der Waals surface area contributed by atoms with Gasteiger partial charge < -0.3 is 19.9 Å². The van der Waals surface area contributed by atoms with Crippen molar-refractivity contribution in [3.63, 3.8) is 0 Å². The maximum Gasteiger partial charge on any atom is 0.433 e. The van der Waals surface area contributed by atoms with Crippen LogP contribution in [0.5, 0.6) is 0 Å². The van der Waals surface area contributed by atoms with Gasteiger partial charge in [0.05, 0.1) is 11.3 Å². The van der Waals surface area contributed by atoms with Crippen LogP contribution in [0.1, 0.15) is 73.1 Å². The van der Waals surface area contributed by atoms with Crippen LogP contribution in [0.3, 0.4) is 0 Å². The highest BCUT2D eigenvalue weighted by atomic mass is 19.4. The Hall–Kier alpha value is -2.98. The minimum absolute atomic E-state index is 0.105. The average molecular weight is 477 g/mol. The van der Waals surface area contributed by atoms with E-state index in [2.05, 4.69) is 15.3 Å². The van der Waals surface area contributed by atoms with Crippen LogP contribution >= 0.6 is 0 Å². The number of fused-ring (bicyclic) bond motifs is 1. The van der Waals surface area contributed by atoms with E-state index in [0.717, 1.165) is 37.8 Å². The van der Waals surface area contributed by atoms with Gasteiger partial charge in [0, 0.05) is 24.2 Å². The number of benzene rings is 1. The predicted octanol–water partition coefficient (Wildman–Crippen LogP) is 4.99. The van der Waals surface area contributed by atoms with Crippen molar-refractivity contribution in [2.24, 2.45) is 5.92 Å². The number of aliphatic hydroxyl groups is 2. The van der Waals surface area contributed by atoms with Gasteiger partial charge in [-0.25, -0.2) is 9.97 Å². The maximum atomic E-state index is 13.0. The van der Waals surface area contributed by atoms with E-state index in [9.17, 15) is 28.2 Å². The van der Waals surface area contributed by atoms with Crippen LogP contribution in [0.4, 0.5) is 18.9 Å². The molecule has 1 saturated carbocycles. The second kappa shape index (κ2) is 8.99. The molecule has 182 valence electrons. The van der Waals surface area contributed by atoms with Crippen LogP contribution in [0.15, 0.2) is 34.7 Å². The molecule has 0 spiro atoms. The summed E-state index contributed by atoms with van der Waals surface area (Å²) in [5.41, 5.74) is -1.54. The van der Waals surface area contributed by atoms with Crippen LogP contribution < -0.4 is 5.32 Å². The lowest BCUT2D eigenvalue weighted by molar-refractivity contribution is -0.141. The van der Waals surface area contributed by atoms with Crippen molar-refractivity contribution in [3.8, 4) is 0 Å². The van der Waals surface area contributed by atoms with Gasteiger partial charge in [0.15, 0.2) is 11.5 Å². The number of hydrogen-bond donors (Lipinski definition) is 3. The maximum absolute atomic E-state index is 13.0. The number of aliphatic hydroxyl groups excluding tert-OH is 1. The van der Waals surface area contributed by atoms with Crippen LogP contribution in [0, 0.1) is 5.92 Å². The van der Waals surface area contributed by atoms with Crippen molar-refractivity contribution in [1.82, 2.24) is 9.97 Å². The molecule has 1 aromatic carbocycles. The van der Waals surface area contributed by atoms with Gasteiger partial charge in [-0.2, -0.15) is 13.2 Å². The highest BCUT2D eigenvalue weighted by molar-refractivity contribution is 6.04. The summed E-state index contributed by atoms with van der Waals surface area (Å²) in [4.78, 5) is 20.7. The second-order valence-electron chi connectivity index (χ2n) is 9.24. The molecule has 2 aromatic heterocycles. The first-order valence-corrected chi connectivity index (χ1v) is 11.1. The summed E-state index contributed by atoms with van der Waals surface area (Å²) < 4.78 is 44.9. The number of nitrogens with zero attached hydrogens (tertiary/aromatic N) is 2. The SMILES string of the molecule is CC(C)(O)c1cc2nc(C3CCC(CO)CC3)oc2cc1NC(=O)c1cccc(C(F)(F)F)n1. The van der Waals surface area contributed by atoms with Gasteiger partial charge in [0.25, 0.3) is 5.91 Å². The Bertz CT molecular complexity index is 1190. The molecule has 0 saturated heterocycles. The van der Waals surface area contributed by atoms with Crippen molar-refractivity contribution >= 4 is 22.7 Å². The molecule has 3 aromatic rings. The standard InChI is InChI=1S/C24H26F3N3O4/c1-23(2,33)15-10-18-19(34-22(30-18)14-8-6-13(12-31)7-9-14)11-17(15)29-21(32)16-4-3-5-20(28-16)24(25,26)27/h3-5,10-11,13-14,31,33H,6-9,12H2,1-2H3,(H,29,32). The van der Waals surface area contributed by atoms with Gasteiger partial charge in [-0.15, -0.1) is 0 Å². The quantitative estimate of drug-likeness (QED) is 0.478. The number of pyridine rings is 1. The molecule has 34 heavy (non-hydrogen) atoms. The third-order valence-corrected chi connectivity index (χ3v) is 6.18. The molecule has 1 aliphatic carbocycles. The Morgan fingerprint density at radius 1 is 1.15 bits per heavy atom. The fourth-order valence-corrected chi connectivity index (χ4v) is 4.27. The first-order valence-electron chi connectivity index (χ1n) is 11.1. The number of rotatable bonds is 5. The van der Waals surface area contributed by atoms with Crippen molar-refractivity contribution in [2.75, 3.05) is 11.9 Å². The molecule has 0 bridgehead atoms. The average Bonchev–Trinajstić information content (AvgIpc) is 3.20. The number of halogens is 3. The molecule has 1 amide bonds. The number of carbonyl (C=O) groups excluding carboxylic acids is 1. The highest BCUT2D eigenvalue weighted by Gasteiger charge is 2.33. The molecular weight excluding hydrogens is 451 g/mol. The van der Waals surface area contributed by atoms with Gasteiger partial charge >= 0.3 is 6.18 Å². The zero-order valence-electron chi connectivity index (χ0n) is 18.8. The largest absolute Gasteiger partial charge is 0.440 e. The molecule has 3 N–H and O–H groups in total. The summed E-state index contributed by atoms with van der Waals surface area (Å²) in [5, 5.41) is 22.6. The number of amides is 1. The minimum Gasteiger partial charge on any atom is -0.440 e. The van der Waals surface area contributed by atoms with E-state index < -0.39 is 29.1 Å². The van der Waals surface area contributed by atoms with Crippen molar-refractivity contribution in [3.05, 3.63) is 53.2 Å². The lowest BCUT2D eigenvalue weighted by Gasteiger charge is -2.24. The number of nitrogens with one attached hydrogen (secondary N) is 1. The number of carbonyl (C=O) groups is 1. The molecule has 2 heterocycles. The Morgan fingerprint density at radius 2 is 1.85 bits per heavy atom. The van der Waals surface area contributed by atoms with Crippen molar-refractivity contribution in [2.45, 2.75) is 57.2 Å². The van der Waals surface area contributed by atoms with E-state index >= 15 is 0 Å². The number of hydrogen-bond acceptors (Lipinski definition) is 6. The van der Waals surface area contributed by atoms with E-state index in [-0.39, 0.29) is 24.1 Å². The Balaban J connectivity index is 1.66. The van der Waals surface area contributed by atoms with Crippen LogP contribution in [-0.2, 0) is 11.8 Å². The van der Waals surface area contributed by atoms with Gasteiger partial charge in [-0.3, -0.25) is 4.79 Å². The summed E-state index contributed by atoms with van der Waals surface area (Å²) in [6, 6.07) is 6.21. The van der Waals surface area contributed by atoms with Crippen LogP contribution in [0.25, 0.3) is 11.1 Å². The number of alkyl halides is 3. The normalized spacial score (nSPS) is 19.4. The number of oxazole rings is 1. The summed E-state index contributed by atoms with van der Waals surface area (Å²) in [6.45, 7) is 3.23. The third kappa shape index (κ3) is 5.07. The first-order chi connectivity index (χ1) is 16.0. The smallest absolute Gasteiger partial charge is 0.433 e. The molecule has 0 unspecified atom stereocenters. The summed E-state index contributed by atoms with van der Waals surface area (Å²) in [6.07, 6.45) is -1.26. The highest BCUT2D eigenvalue weighted by Crippen LogP contribution is 2.38. The molecule has 7 nitrogen and oxygen atoms in total. The van der Waals surface area contributed by atoms with Crippen LogP contribution in [0.2, 0.25) is 0 Å². The summed E-state index contributed by atoms with van der Waals surface area (Å²) in [5.74, 6) is 0.0935. The molecule has 10 heteroatoms. The molecule has 1 aliphatic rings. The third-order valence-electron chi connectivity index (χ3n) is 6.18. The Kier molecular flexibility index (Phi) is 6.39. The lowest BCUT2D eigenvalue weighted by atomic mass is 9.82. The molecular formula is C24H26F3N3O4. The number of anilines is 1. The van der Waals surface area contributed by atoms with Gasteiger partial charge in [0.2, 0.25) is 0 Å². The minimum atomic E-state index is -4.68. The van der Waals surface area contributed by atoms with Crippen LogP contribution in [-0.4, -0.2) is 32.7 Å². The monoisotopic (exact) mass is 477 g/mol. The number of aromatic nitrogens is 2. The molecule has 0 radical (unpaired) electrons. The molecule has 4 rings (SSSR count). The Morgan fingerprint density at radius 3 is 2.47 bits per heavy atom. The zero-order valence-corrected chi connectivity index (χ0v) is 18.8. The Labute approximate surface area is 194 Å². The molecule has 0 aliphatic heterocycles. The van der Waals surface area contributed by atoms with Gasteiger partial charge in [0.1, 0.15) is 16.9 Å².